The summed E-state index contributed by atoms with van der Waals surface area (Å²) in [6, 6.07) is 2.40. The predicted octanol–water partition coefficient (Wildman–Crippen LogP) is 3.60. The van der Waals surface area contributed by atoms with E-state index in [1.165, 1.54) is 54.4 Å². The zero-order chi connectivity index (χ0) is 29.2. The van der Waals surface area contributed by atoms with E-state index in [4.69, 9.17) is 18.9 Å². The van der Waals surface area contributed by atoms with Gasteiger partial charge in [0, 0.05) is 57.6 Å². The number of methoxy groups -OCH3 is 4. The maximum Gasteiger partial charge on any atom is 0.194 e. The van der Waals surface area contributed by atoms with E-state index < -0.39 is 22.4 Å². The lowest BCUT2D eigenvalue weighted by Crippen LogP contribution is -2.12. The number of carbonyl (C=O) groups is 2. The summed E-state index contributed by atoms with van der Waals surface area (Å²) in [4.78, 5) is 52.1. The molecule has 5 aromatic carbocycles. The minimum absolute atomic E-state index is 0.103. The van der Waals surface area contributed by atoms with Crippen molar-refractivity contribution in [1.29, 1.82) is 0 Å². The Labute approximate surface area is 226 Å². The summed E-state index contributed by atoms with van der Waals surface area (Å²) in [7, 11) is 5.32. The van der Waals surface area contributed by atoms with Gasteiger partial charge in [0.1, 0.15) is 23.1 Å². The molecule has 10 heteroatoms. The standard InChI is InChI=1S/C30H26O10/c1-11(31)7-13-19-20-14(8-12(2)32)30(40-6)28(36)22-16(34)10-18(38-4)24(26(20)22)23-17(37-3)9-15(33)21(25(19)23)27(35)29(13)39-5/h9-10,35-36H,7-8H2,1-6H3. The van der Waals surface area contributed by atoms with Crippen LogP contribution in [0.1, 0.15) is 25.0 Å². The van der Waals surface area contributed by atoms with E-state index in [1.54, 1.807) is 0 Å². The van der Waals surface area contributed by atoms with Crippen LogP contribution in [0.5, 0.6) is 34.5 Å². The summed E-state index contributed by atoms with van der Waals surface area (Å²) in [6.07, 6.45) is -0.443. The molecule has 0 aliphatic rings. The lowest BCUT2D eigenvalue weighted by atomic mass is 9.82. The molecule has 5 aromatic rings. The van der Waals surface area contributed by atoms with Crippen LogP contribution in [0.4, 0.5) is 0 Å². The third-order valence-electron chi connectivity index (χ3n) is 7.26. The highest BCUT2D eigenvalue weighted by molar-refractivity contribution is 6.38. The van der Waals surface area contributed by atoms with E-state index in [9.17, 15) is 29.4 Å². The van der Waals surface area contributed by atoms with E-state index >= 15 is 0 Å². The molecule has 2 N–H and O–H groups in total. The molecule has 5 rings (SSSR count). The zero-order valence-electron chi connectivity index (χ0n) is 22.7. The minimum atomic E-state index is -0.583. The number of rotatable bonds is 8. The van der Waals surface area contributed by atoms with Gasteiger partial charge in [0.15, 0.2) is 33.9 Å². The summed E-state index contributed by atoms with van der Waals surface area (Å²) in [6.45, 7) is 2.72. The van der Waals surface area contributed by atoms with Crippen molar-refractivity contribution in [2.24, 2.45) is 0 Å². The third kappa shape index (κ3) is 3.48. The van der Waals surface area contributed by atoms with Crippen LogP contribution in [0.25, 0.3) is 43.1 Å². The second kappa shape index (κ2) is 9.41. The average molecular weight is 547 g/mol. The van der Waals surface area contributed by atoms with Crippen LogP contribution in [0.3, 0.4) is 0 Å². The molecular weight excluding hydrogens is 520 g/mol. The molecule has 0 saturated heterocycles. The lowest BCUT2D eigenvalue weighted by molar-refractivity contribution is -0.117. The Morgan fingerprint density at radius 1 is 0.575 bits per heavy atom. The van der Waals surface area contributed by atoms with Crippen molar-refractivity contribution in [3.8, 4) is 34.5 Å². The van der Waals surface area contributed by atoms with Gasteiger partial charge in [-0.3, -0.25) is 19.2 Å². The second-order valence-corrected chi connectivity index (χ2v) is 9.63. The van der Waals surface area contributed by atoms with Crippen LogP contribution in [0, 0.1) is 0 Å². The van der Waals surface area contributed by atoms with Gasteiger partial charge in [0.2, 0.25) is 0 Å². The van der Waals surface area contributed by atoms with Crippen molar-refractivity contribution in [2.75, 3.05) is 28.4 Å². The first-order valence-electron chi connectivity index (χ1n) is 12.3. The number of phenols is 2. The highest BCUT2D eigenvalue weighted by Gasteiger charge is 2.32. The van der Waals surface area contributed by atoms with Gasteiger partial charge in [0.05, 0.1) is 39.2 Å². The normalized spacial score (nSPS) is 11.6. The van der Waals surface area contributed by atoms with Gasteiger partial charge in [-0.25, -0.2) is 0 Å². The summed E-state index contributed by atoms with van der Waals surface area (Å²) >= 11 is 0. The molecule has 0 unspecified atom stereocenters. The van der Waals surface area contributed by atoms with Crippen molar-refractivity contribution in [2.45, 2.75) is 26.7 Å². The van der Waals surface area contributed by atoms with Crippen LogP contribution in [-0.4, -0.2) is 50.2 Å². The molecular formula is C30H26O10. The largest absolute Gasteiger partial charge is 0.504 e. The Bertz CT molecular complexity index is 1860. The molecule has 40 heavy (non-hydrogen) atoms. The number of Topliss-reactive ketones (excluding diaryl/α,β-unsaturated/α-hetero) is 2. The number of carbonyl (C=O) groups excluding carboxylic acids is 2. The van der Waals surface area contributed by atoms with Gasteiger partial charge in [-0.15, -0.1) is 0 Å². The van der Waals surface area contributed by atoms with Gasteiger partial charge in [-0.05, 0) is 24.6 Å². The number of ether oxygens (including phenoxy) is 4. The first-order valence-corrected chi connectivity index (χ1v) is 12.3. The Morgan fingerprint density at radius 2 is 0.925 bits per heavy atom. The number of hydrogen-bond acceptors (Lipinski definition) is 10. The van der Waals surface area contributed by atoms with E-state index in [2.05, 4.69) is 0 Å². The fourth-order valence-corrected chi connectivity index (χ4v) is 5.93. The average Bonchev–Trinajstić information content (AvgIpc) is 2.89. The fraction of sp³-hybridized carbons (Fsp3) is 0.267. The second-order valence-electron chi connectivity index (χ2n) is 9.63. The first kappa shape index (κ1) is 26.7. The Morgan fingerprint density at radius 3 is 1.20 bits per heavy atom. The van der Waals surface area contributed by atoms with Gasteiger partial charge in [-0.2, -0.15) is 0 Å². The summed E-state index contributed by atoms with van der Waals surface area (Å²) < 4.78 is 22.3. The molecule has 0 aromatic heterocycles. The van der Waals surface area contributed by atoms with Crippen LogP contribution in [0.2, 0.25) is 0 Å². The van der Waals surface area contributed by atoms with E-state index in [0.717, 1.165) is 0 Å². The molecule has 206 valence electrons. The molecule has 0 aliphatic carbocycles. The fourth-order valence-electron chi connectivity index (χ4n) is 5.93. The van der Waals surface area contributed by atoms with Crippen molar-refractivity contribution >= 4 is 54.7 Å². The van der Waals surface area contributed by atoms with Crippen molar-refractivity contribution in [3.63, 3.8) is 0 Å². The predicted molar refractivity (Wildman–Crippen MR) is 150 cm³/mol. The molecule has 0 heterocycles. The molecule has 0 spiro atoms. The van der Waals surface area contributed by atoms with Crippen molar-refractivity contribution < 1.29 is 38.7 Å². The molecule has 0 aliphatic heterocycles. The maximum atomic E-state index is 13.5. The quantitative estimate of drug-likeness (QED) is 0.219. The van der Waals surface area contributed by atoms with Gasteiger partial charge < -0.3 is 29.2 Å². The van der Waals surface area contributed by atoms with E-state index in [-0.39, 0.29) is 90.9 Å². The molecule has 0 bridgehead atoms. The molecule has 10 nitrogen and oxygen atoms in total. The van der Waals surface area contributed by atoms with Crippen LogP contribution in [0.15, 0.2) is 21.7 Å². The van der Waals surface area contributed by atoms with Crippen LogP contribution in [-0.2, 0) is 22.4 Å². The number of phenolic OH excluding ortho intramolecular Hbond substituents is 2. The Kier molecular flexibility index (Phi) is 6.29. The zero-order valence-corrected chi connectivity index (χ0v) is 22.7. The van der Waals surface area contributed by atoms with Crippen LogP contribution < -0.4 is 29.8 Å². The third-order valence-corrected chi connectivity index (χ3v) is 7.26. The van der Waals surface area contributed by atoms with Crippen molar-refractivity contribution in [3.05, 3.63) is 43.7 Å². The number of benzene rings is 5. The Balaban J connectivity index is 2.40. The van der Waals surface area contributed by atoms with Crippen LogP contribution >= 0.6 is 0 Å². The number of aromatic hydroxyl groups is 2. The monoisotopic (exact) mass is 546 g/mol. The molecule has 0 radical (unpaired) electrons. The highest BCUT2D eigenvalue weighted by Crippen LogP contribution is 2.55. The van der Waals surface area contributed by atoms with Gasteiger partial charge >= 0.3 is 0 Å². The number of hydrogen-bond donors (Lipinski definition) is 2. The lowest BCUT2D eigenvalue weighted by Gasteiger charge is -2.24. The molecule has 0 saturated carbocycles. The number of ketones is 2. The van der Waals surface area contributed by atoms with E-state index in [1.807, 2.05) is 0 Å². The molecule has 0 amide bonds. The highest BCUT2D eigenvalue weighted by atomic mass is 16.5. The van der Waals surface area contributed by atoms with Gasteiger partial charge in [-0.1, -0.05) is 0 Å². The summed E-state index contributed by atoms with van der Waals surface area (Å²) in [5.41, 5.74) is -0.706. The summed E-state index contributed by atoms with van der Waals surface area (Å²) in [5, 5.41) is 24.1. The first-order chi connectivity index (χ1) is 19.0. The SMILES string of the molecule is COc1c(O)c2c(=O)cc(OC)c3c4c(OC)cc(=O)c5c(O)c(OC)c(CC(C)=O)c(c(c1CC(C)=O)c23)c54. The van der Waals surface area contributed by atoms with Crippen molar-refractivity contribution in [1.82, 2.24) is 0 Å². The molecule has 0 fully saturated rings. The smallest absolute Gasteiger partial charge is 0.194 e. The topological polar surface area (TPSA) is 146 Å². The Hall–Kier alpha value is -4.86. The summed E-state index contributed by atoms with van der Waals surface area (Å²) in [5.74, 6) is -1.47. The maximum absolute atomic E-state index is 13.5. The van der Waals surface area contributed by atoms with E-state index in [0.29, 0.717) is 10.8 Å². The minimum Gasteiger partial charge on any atom is -0.504 e. The van der Waals surface area contributed by atoms with Gasteiger partial charge in [0.25, 0.3) is 0 Å². The number of fused-ring (bicyclic) bond motifs is 2. The molecule has 0 atom stereocenters.